The highest BCUT2D eigenvalue weighted by Gasteiger charge is 2.41. The van der Waals surface area contributed by atoms with Crippen molar-refractivity contribution in [1.29, 1.82) is 0 Å². The molecule has 2 rings (SSSR count). The first kappa shape index (κ1) is 13.0. The Morgan fingerprint density at radius 3 is 2.59 bits per heavy atom. The average molecular weight is 242 g/mol. The molecule has 1 heterocycles. The fraction of sp³-hybridized carbons (Fsp3) is 0.923. The molecule has 1 saturated heterocycles. The van der Waals surface area contributed by atoms with Crippen molar-refractivity contribution in [3.8, 4) is 0 Å². The van der Waals surface area contributed by atoms with Gasteiger partial charge in [-0.25, -0.2) is 0 Å². The van der Waals surface area contributed by atoms with E-state index in [2.05, 4.69) is 0 Å². The molecule has 0 bridgehead atoms. The van der Waals surface area contributed by atoms with Gasteiger partial charge in [-0.2, -0.15) is 0 Å². The summed E-state index contributed by atoms with van der Waals surface area (Å²) in [5.41, 5.74) is -0.716. The molecule has 1 atom stereocenters. The van der Waals surface area contributed by atoms with Gasteiger partial charge in [0.25, 0.3) is 0 Å². The first-order chi connectivity index (χ1) is 7.90. The highest BCUT2D eigenvalue weighted by molar-refractivity contribution is 5.84. The molecule has 1 aliphatic carbocycles. The second-order valence-corrected chi connectivity index (χ2v) is 5.75. The fourth-order valence-electron chi connectivity index (χ4n) is 2.69. The smallest absolute Gasteiger partial charge is 0.187 e. The molecule has 4 nitrogen and oxygen atoms in total. The fourth-order valence-corrected chi connectivity index (χ4v) is 2.69. The van der Waals surface area contributed by atoms with E-state index in [1.807, 2.05) is 0 Å². The van der Waals surface area contributed by atoms with Crippen LogP contribution in [0.3, 0.4) is 0 Å². The summed E-state index contributed by atoms with van der Waals surface area (Å²) in [4.78, 5) is 11.7. The number of carbonyl (C=O) groups excluding carboxylic acids is 1. The van der Waals surface area contributed by atoms with Crippen LogP contribution in [-0.2, 0) is 14.3 Å². The molecule has 1 saturated carbocycles. The van der Waals surface area contributed by atoms with Crippen molar-refractivity contribution < 1.29 is 19.4 Å². The van der Waals surface area contributed by atoms with Crippen LogP contribution in [0.15, 0.2) is 0 Å². The zero-order valence-electron chi connectivity index (χ0n) is 10.7. The molecule has 17 heavy (non-hydrogen) atoms. The molecule has 0 spiro atoms. The molecular weight excluding hydrogens is 220 g/mol. The summed E-state index contributed by atoms with van der Waals surface area (Å²) in [5.74, 6) is -0.771. The minimum absolute atomic E-state index is 0.0525. The lowest BCUT2D eigenvalue weighted by atomic mass is 9.80. The SMILES string of the molecule is CC1(C)OCC(=O)[C@H](CC2(O)CCCCC2)O1. The predicted octanol–water partition coefficient (Wildman–Crippen LogP) is 1.79. The Morgan fingerprint density at radius 1 is 1.29 bits per heavy atom. The van der Waals surface area contributed by atoms with E-state index in [1.165, 1.54) is 6.42 Å². The van der Waals surface area contributed by atoms with Crippen molar-refractivity contribution in [2.24, 2.45) is 0 Å². The van der Waals surface area contributed by atoms with Gasteiger partial charge in [-0.3, -0.25) is 4.79 Å². The Morgan fingerprint density at radius 2 is 1.94 bits per heavy atom. The van der Waals surface area contributed by atoms with Crippen molar-refractivity contribution in [1.82, 2.24) is 0 Å². The lowest BCUT2D eigenvalue weighted by Crippen LogP contribution is -2.49. The zero-order valence-corrected chi connectivity index (χ0v) is 10.7. The quantitative estimate of drug-likeness (QED) is 0.802. The standard InChI is InChI=1S/C13H22O4/c1-12(2)16-9-10(14)11(17-12)8-13(15)6-4-3-5-7-13/h11,15H,3-9H2,1-2H3/t11-/m0/s1. The van der Waals surface area contributed by atoms with Gasteiger partial charge in [0.2, 0.25) is 0 Å². The summed E-state index contributed by atoms with van der Waals surface area (Å²) in [6.45, 7) is 3.70. The topological polar surface area (TPSA) is 55.8 Å². The zero-order chi connectivity index (χ0) is 12.5. The number of hydrogen-bond donors (Lipinski definition) is 1. The molecule has 4 heteroatoms. The Bertz CT molecular complexity index is 292. The molecule has 0 aromatic carbocycles. The van der Waals surface area contributed by atoms with E-state index in [9.17, 15) is 9.90 Å². The van der Waals surface area contributed by atoms with Crippen LogP contribution in [0.25, 0.3) is 0 Å². The first-order valence-corrected chi connectivity index (χ1v) is 6.47. The molecule has 2 fully saturated rings. The second-order valence-electron chi connectivity index (χ2n) is 5.75. The summed E-state index contributed by atoms with van der Waals surface area (Å²) in [7, 11) is 0. The van der Waals surface area contributed by atoms with Gasteiger partial charge in [0.05, 0.1) is 5.60 Å². The van der Waals surface area contributed by atoms with Crippen molar-refractivity contribution in [3.63, 3.8) is 0 Å². The van der Waals surface area contributed by atoms with Crippen LogP contribution in [0.2, 0.25) is 0 Å². The van der Waals surface area contributed by atoms with Crippen molar-refractivity contribution in [2.45, 2.75) is 69.9 Å². The van der Waals surface area contributed by atoms with E-state index in [-0.39, 0.29) is 12.4 Å². The molecule has 0 aromatic rings. The van der Waals surface area contributed by atoms with Gasteiger partial charge < -0.3 is 14.6 Å². The summed E-state index contributed by atoms with van der Waals surface area (Å²) >= 11 is 0. The van der Waals surface area contributed by atoms with Gasteiger partial charge in [0.1, 0.15) is 12.7 Å². The van der Waals surface area contributed by atoms with E-state index in [0.717, 1.165) is 25.7 Å². The summed E-state index contributed by atoms with van der Waals surface area (Å²) in [6.07, 6.45) is 4.72. The van der Waals surface area contributed by atoms with Gasteiger partial charge in [0.15, 0.2) is 11.6 Å². The van der Waals surface area contributed by atoms with Crippen molar-refractivity contribution >= 4 is 5.78 Å². The summed E-state index contributed by atoms with van der Waals surface area (Å²) in [6, 6.07) is 0. The highest BCUT2D eigenvalue weighted by atomic mass is 16.7. The normalized spacial score (nSPS) is 32.4. The van der Waals surface area contributed by atoms with E-state index < -0.39 is 17.5 Å². The lowest BCUT2D eigenvalue weighted by Gasteiger charge is -2.40. The highest BCUT2D eigenvalue weighted by Crippen LogP contribution is 2.34. The maximum atomic E-state index is 11.7. The van der Waals surface area contributed by atoms with E-state index >= 15 is 0 Å². The molecule has 98 valence electrons. The number of aliphatic hydroxyl groups is 1. The van der Waals surface area contributed by atoms with Crippen LogP contribution in [0.1, 0.15) is 52.4 Å². The number of hydrogen-bond acceptors (Lipinski definition) is 4. The molecule has 0 unspecified atom stereocenters. The summed E-state index contributed by atoms with van der Waals surface area (Å²) < 4.78 is 10.9. The van der Waals surface area contributed by atoms with Crippen LogP contribution in [0.4, 0.5) is 0 Å². The molecule has 2 aliphatic rings. The Hall–Kier alpha value is -0.450. The number of rotatable bonds is 2. The second kappa shape index (κ2) is 4.67. The summed E-state index contributed by atoms with van der Waals surface area (Å²) in [5, 5.41) is 10.4. The van der Waals surface area contributed by atoms with Crippen molar-refractivity contribution in [3.05, 3.63) is 0 Å². The Labute approximate surface area is 102 Å². The van der Waals surface area contributed by atoms with E-state index in [1.54, 1.807) is 13.8 Å². The molecule has 0 amide bonds. The third-order valence-corrected chi connectivity index (χ3v) is 3.70. The third kappa shape index (κ3) is 3.27. The van der Waals surface area contributed by atoms with Crippen LogP contribution < -0.4 is 0 Å². The minimum atomic E-state index is -0.719. The maximum Gasteiger partial charge on any atom is 0.187 e. The van der Waals surface area contributed by atoms with Crippen molar-refractivity contribution in [2.75, 3.05) is 6.61 Å². The van der Waals surface area contributed by atoms with Gasteiger partial charge >= 0.3 is 0 Å². The van der Waals surface area contributed by atoms with Gasteiger partial charge in [-0.15, -0.1) is 0 Å². The maximum absolute atomic E-state index is 11.7. The Balaban J connectivity index is 1.98. The molecular formula is C13H22O4. The number of ether oxygens (including phenoxy) is 2. The van der Waals surface area contributed by atoms with Gasteiger partial charge in [-0.1, -0.05) is 19.3 Å². The van der Waals surface area contributed by atoms with Crippen LogP contribution >= 0.6 is 0 Å². The minimum Gasteiger partial charge on any atom is -0.390 e. The Kier molecular flexibility index (Phi) is 3.57. The van der Waals surface area contributed by atoms with E-state index in [0.29, 0.717) is 6.42 Å². The van der Waals surface area contributed by atoms with Gasteiger partial charge in [-0.05, 0) is 26.7 Å². The van der Waals surface area contributed by atoms with E-state index in [4.69, 9.17) is 9.47 Å². The molecule has 0 radical (unpaired) electrons. The monoisotopic (exact) mass is 242 g/mol. The first-order valence-electron chi connectivity index (χ1n) is 6.47. The molecule has 0 aromatic heterocycles. The van der Waals surface area contributed by atoms with Crippen LogP contribution in [0, 0.1) is 0 Å². The van der Waals surface area contributed by atoms with Gasteiger partial charge in [0, 0.05) is 6.42 Å². The number of carbonyl (C=O) groups is 1. The molecule has 1 aliphatic heterocycles. The predicted molar refractivity (Wildman–Crippen MR) is 62.6 cm³/mol. The number of ketones is 1. The molecule has 1 N–H and O–H groups in total. The van der Waals surface area contributed by atoms with Crippen LogP contribution in [0.5, 0.6) is 0 Å². The van der Waals surface area contributed by atoms with Crippen LogP contribution in [-0.4, -0.2) is 35.0 Å². The lowest BCUT2D eigenvalue weighted by molar-refractivity contribution is -0.264. The largest absolute Gasteiger partial charge is 0.390 e. The third-order valence-electron chi connectivity index (χ3n) is 3.70. The average Bonchev–Trinajstić information content (AvgIpc) is 2.24. The number of Topliss-reactive ketones (excluding diaryl/α,β-unsaturated/α-hetero) is 1.